The van der Waals surface area contributed by atoms with Crippen LogP contribution >= 0.6 is 11.3 Å². The predicted octanol–water partition coefficient (Wildman–Crippen LogP) is 2.54. The Balaban J connectivity index is 2.09. The third-order valence-electron chi connectivity index (χ3n) is 2.16. The highest BCUT2D eigenvalue weighted by Gasteiger charge is 2.07. The fourth-order valence-corrected chi connectivity index (χ4v) is 1.78. The molecule has 0 aliphatic rings. The number of thiazole rings is 1. The van der Waals surface area contributed by atoms with Gasteiger partial charge in [-0.1, -0.05) is 0 Å². The molecule has 0 aliphatic heterocycles. The Hall–Kier alpha value is -1.75. The van der Waals surface area contributed by atoms with E-state index in [0.29, 0.717) is 18.1 Å². The first kappa shape index (κ1) is 11.7. The van der Waals surface area contributed by atoms with Crippen LogP contribution in [0.4, 0.5) is 0 Å². The van der Waals surface area contributed by atoms with Crippen molar-refractivity contribution in [3.05, 3.63) is 34.8 Å². The second-order valence-corrected chi connectivity index (χ2v) is 4.09. The summed E-state index contributed by atoms with van der Waals surface area (Å²) in [5.41, 5.74) is 0. The fraction of sp³-hybridized carbons (Fsp3) is 0.250. The molecule has 0 atom stereocenters. The summed E-state index contributed by atoms with van der Waals surface area (Å²) in [6.45, 7) is 0.414. The SMILES string of the molecule is COc1ccc(OCc2nc[c]s2)c(OC)c1. The molecule has 0 unspecified atom stereocenters. The van der Waals surface area contributed by atoms with E-state index in [1.807, 2.05) is 12.1 Å². The second-order valence-electron chi connectivity index (χ2n) is 3.18. The Bertz CT molecular complexity index is 471. The smallest absolute Gasteiger partial charge is 0.164 e. The third kappa shape index (κ3) is 2.88. The van der Waals surface area contributed by atoms with Crippen LogP contribution in [0.15, 0.2) is 24.4 Å². The first-order valence-electron chi connectivity index (χ1n) is 4.99. The molecule has 0 saturated carbocycles. The minimum Gasteiger partial charge on any atom is -0.497 e. The Morgan fingerprint density at radius 1 is 1.24 bits per heavy atom. The van der Waals surface area contributed by atoms with Gasteiger partial charge in [-0.15, -0.1) is 11.3 Å². The molecule has 1 aromatic heterocycles. The van der Waals surface area contributed by atoms with Gasteiger partial charge in [0.2, 0.25) is 0 Å². The number of aromatic nitrogens is 1. The van der Waals surface area contributed by atoms with Gasteiger partial charge in [-0.25, -0.2) is 4.98 Å². The van der Waals surface area contributed by atoms with Crippen molar-refractivity contribution in [2.24, 2.45) is 0 Å². The lowest BCUT2D eigenvalue weighted by Gasteiger charge is -2.10. The summed E-state index contributed by atoms with van der Waals surface area (Å²) < 4.78 is 16.0. The van der Waals surface area contributed by atoms with Gasteiger partial charge in [-0.2, -0.15) is 0 Å². The summed E-state index contributed by atoms with van der Waals surface area (Å²) in [6, 6.07) is 5.42. The lowest BCUT2D eigenvalue weighted by molar-refractivity contribution is 0.282. The molecule has 1 radical (unpaired) electrons. The normalized spacial score (nSPS) is 10.0. The molecule has 2 aromatic rings. The molecule has 0 spiro atoms. The first-order chi connectivity index (χ1) is 8.33. The monoisotopic (exact) mass is 250 g/mol. The van der Waals surface area contributed by atoms with E-state index < -0.39 is 0 Å². The minimum atomic E-state index is 0.414. The van der Waals surface area contributed by atoms with Gasteiger partial charge in [0.25, 0.3) is 0 Å². The molecule has 1 heterocycles. The van der Waals surface area contributed by atoms with Crippen LogP contribution in [0.5, 0.6) is 17.2 Å². The average Bonchev–Trinajstić information content (AvgIpc) is 2.89. The van der Waals surface area contributed by atoms with Crippen molar-refractivity contribution in [1.82, 2.24) is 4.98 Å². The molecule has 1 aromatic carbocycles. The van der Waals surface area contributed by atoms with Gasteiger partial charge in [0.15, 0.2) is 11.5 Å². The van der Waals surface area contributed by atoms with Crippen LogP contribution in [-0.2, 0) is 6.61 Å². The quantitative estimate of drug-likeness (QED) is 0.817. The van der Waals surface area contributed by atoms with Gasteiger partial charge in [0.1, 0.15) is 17.4 Å². The summed E-state index contributed by atoms with van der Waals surface area (Å²) in [6.07, 6.45) is 1.63. The van der Waals surface area contributed by atoms with Gasteiger partial charge in [-0.3, -0.25) is 0 Å². The highest BCUT2D eigenvalue weighted by atomic mass is 32.1. The molecule has 0 N–H and O–H groups in total. The molecular formula is C12H12NO3S. The van der Waals surface area contributed by atoms with E-state index in [1.54, 1.807) is 26.5 Å². The van der Waals surface area contributed by atoms with Crippen LogP contribution < -0.4 is 14.2 Å². The molecule has 0 saturated heterocycles. The van der Waals surface area contributed by atoms with E-state index in [-0.39, 0.29) is 0 Å². The second kappa shape index (κ2) is 5.54. The van der Waals surface area contributed by atoms with Crippen LogP contribution in [0.1, 0.15) is 5.01 Å². The third-order valence-corrected chi connectivity index (χ3v) is 2.84. The van der Waals surface area contributed by atoms with Crippen molar-refractivity contribution in [3.63, 3.8) is 0 Å². The molecule has 4 nitrogen and oxygen atoms in total. The fourth-order valence-electron chi connectivity index (χ4n) is 1.32. The zero-order chi connectivity index (χ0) is 12.1. The number of methoxy groups -OCH3 is 2. The predicted molar refractivity (Wildman–Crippen MR) is 64.8 cm³/mol. The standard InChI is InChI=1S/C12H12NO3S/c1-14-9-3-4-10(11(7-9)15-2)16-8-12-13-5-6-17-12/h3-5,7H,8H2,1-2H3. The summed E-state index contributed by atoms with van der Waals surface area (Å²) in [5, 5.41) is 3.79. The van der Waals surface area contributed by atoms with E-state index in [2.05, 4.69) is 10.4 Å². The lowest BCUT2D eigenvalue weighted by Crippen LogP contribution is -1.97. The van der Waals surface area contributed by atoms with Gasteiger partial charge in [-0.05, 0) is 12.1 Å². The molecule has 17 heavy (non-hydrogen) atoms. The Labute approximate surface area is 104 Å². The van der Waals surface area contributed by atoms with Crippen molar-refractivity contribution in [2.45, 2.75) is 6.61 Å². The Kier molecular flexibility index (Phi) is 3.82. The zero-order valence-electron chi connectivity index (χ0n) is 9.60. The average molecular weight is 250 g/mol. The molecule has 0 amide bonds. The van der Waals surface area contributed by atoms with Gasteiger partial charge in [0, 0.05) is 12.3 Å². The van der Waals surface area contributed by atoms with E-state index in [1.165, 1.54) is 11.3 Å². The molecule has 0 bridgehead atoms. The molecule has 0 fully saturated rings. The van der Waals surface area contributed by atoms with Gasteiger partial charge in [0.05, 0.1) is 19.6 Å². The molecule has 5 heteroatoms. The van der Waals surface area contributed by atoms with E-state index in [4.69, 9.17) is 14.2 Å². The van der Waals surface area contributed by atoms with E-state index in [9.17, 15) is 0 Å². The van der Waals surface area contributed by atoms with Crippen molar-refractivity contribution in [3.8, 4) is 17.2 Å². The molecule has 2 rings (SSSR count). The maximum atomic E-state index is 5.62. The van der Waals surface area contributed by atoms with E-state index >= 15 is 0 Å². The largest absolute Gasteiger partial charge is 0.497 e. The van der Waals surface area contributed by atoms with Gasteiger partial charge < -0.3 is 14.2 Å². The highest BCUT2D eigenvalue weighted by molar-refractivity contribution is 7.09. The van der Waals surface area contributed by atoms with Gasteiger partial charge >= 0.3 is 0 Å². The minimum absolute atomic E-state index is 0.414. The molecule has 0 aliphatic carbocycles. The number of rotatable bonds is 5. The van der Waals surface area contributed by atoms with Crippen molar-refractivity contribution in [1.29, 1.82) is 0 Å². The van der Waals surface area contributed by atoms with Crippen LogP contribution in [0.2, 0.25) is 0 Å². The maximum absolute atomic E-state index is 5.62. The van der Waals surface area contributed by atoms with Crippen molar-refractivity contribution in [2.75, 3.05) is 14.2 Å². The topological polar surface area (TPSA) is 40.6 Å². The number of nitrogens with zero attached hydrogens (tertiary/aromatic N) is 1. The number of hydrogen-bond donors (Lipinski definition) is 0. The molecule has 89 valence electrons. The number of benzene rings is 1. The van der Waals surface area contributed by atoms with Crippen LogP contribution in [0.25, 0.3) is 0 Å². The summed E-state index contributed by atoms with van der Waals surface area (Å²) >= 11 is 1.44. The van der Waals surface area contributed by atoms with Crippen LogP contribution in [0, 0.1) is 5.38 Å². The summed E-state index contributed by atoms with van der Waals surface area (Å²) in [4.78, 5) is 4.09. The van der Waals surface area contributed by atoms with Crippen molar-refractivity contribution < 1.29 is 14.2 Å². The lowest BCUT2D eigenvalue weighted by atomic mass is 10.3. The number of ether oxygens (including phenoxy) is 3. The zero-order valence-corrected chi connectivity index (χ0v) is 10.4. The first-order valence-corrected chi connectivity index (χ1v) is 5.80. The summed E-state index contributed by atoms with van der Waals surface area (Å²) in [7, 11) is 3.21. The summed E-state index contributed by atoms with van der Waals surface area (Å²) in [5.74, 6) is 2.05. The van der Waals surface area contributed by atoms with Crippen LogP contribution in [0.3, 0.4) is 0 Å². The van der Waals surface area contributed by atoms with Crippen LogP contribution in [-0.4, -0.2) is 19.2 Å². The number of hydrogen-bond acceptors (Lipinski definition) is 5. The Morgan fingerprint density at radius 3 is 2.76 bits per heavy atom. The maximum Gasteiger partial charge on any atom is 0.164 e. The van der Waals surface area contributed by atoms with Crippen molar-refractivity contribution >= 4 is 11.3 Å². The molecular weight excluding hydrogens is 238 g/mol. The Morgan fingerprint density at radius 2 is 2.12 bits per heavy atom. The van der Waals surface area contributed by atoms with E-state index in [0.717, 1.165) is 10.8 Å². The highest BCUT2D eigenvalue weighted by Crippen LogP contribution is 2.31.